The summed E-state index contributed by atoms with van der Waals surface area (Å²) in [6, 6.07) is 6.29. The van der Waals surface area contributed by atoms with Crippen molar-refractivity contribution < 1.29 is 28.3 Å². The van der Waals surface area contributed by atoms with Crippen molar-refractivity contribution in [1.29, 1.82) is 0 Å². The van der Waals surface area contributed by atoms with Gasteiger partial charge in [-0.15, -0.1) is 5.69 Å². The summed E-state index contributed by atoms with van der Waals surface area (Å²) in [4.78, 5) is 11.1. The molecule has 0 aliphatic carbocycles. The number of carbonyl (C=O) groups is 1. The van der Waals surface area contributed by atoms with Gasteiger partial charge in [-0.25, -0.2) is 4.79 Å². The maximum atomic E-state index is 11.1. The third kappa shape index (κ3) is 7.65. The van der Waals surface area contributed by atoms with Crippen LogP contribution < -0.4 is 0 Å². The third-order valence-corrected chi connectivity index (χ3v) is 1.40. The molecule has 0 amide bonds. The van der Waals surface area contributed by atoms with E-state index in [2.05, 4.69) is 9.42 Å². The van der Waals surface area contributed by atoms with Gasteiger partial charge >= 0.3 is 34.2 Å². The van der Waals surface area contributed by atoms with Gasteiger partial charge in [-0.3, -0.25) is 0 Å². The van der Waals surface area contributed by atoms with Gasteiger partial charge < -0.3 is 22.8 Å². The van der Waals surface area contributed by atoms with Gasteiger partial charge in [-0.05, 0) is 19.1 Å². The summed E-state index contributed by atoms with van der Waals surface area (Å²) in [5.41, 5.74) is 8.07. The van der Waals surface area contributed by atoms with Crippen LogP contribution in [0.4, 0.5) is 5.69 Å². The summed E-state index contributed by atoms with van der Waals surface area (Å²) < 4.78 is 4.77. The molecule has 0 radical (unpaired) electrons. The first-order chi connectivity index (χ1) is 6.74. The fourth-order valence-corrected chi connectivity index (χ4v) is 0.821. The van der Waals surface area contributed by atoms with E-state index in [-0.39, 0.29) is 18.3 Å². The van der Waals surface area contributed by atoms with Crippen molar-refractivity contribution in [2.75, 3.05) is 6.61 Å². The van der Waals surface area contributed by atoms with Gasteiger partial charge in [-0.2, -0.15) is 0 Å². The molecule has 0 bridgehead atoms. The Balaban J connectivity index is -0.000000399. The van der Waals surface area contributed by atoms with Gasteiger partial charge in [-0.1, -0.05) is 12.1 Å². The molecule has 5 N–H and O–H groups in total. The van der Waals surface area contributed by atoms with Gasteiger partial charge in [0, 0.05) is 0 Å². The minimum Gasteiger partial charge on any atom is -0.693 e. The van der Waals surface area contributed by atoms with E-state index < -0.39 is 0 Å². The van der Waals surface area contributed by atoms with Gasteiger partial charge in [0.2, 0.25) is 0 Å². The Morgan fingerprint density at radius 1 is 1.31 bits per heavy atom. The van der Waals surface area contributed by atoms with Crippen LogP contribution in [0.15, 0.2) is 24.3 Å². The Morgan fingerprint density at radius 2 is 1.75 bits per heavy atom. The summed E-state index contributed by atoms with van der Waals surface area (Å²) >= 11 is 1.61. The Labute approximate surface area is 111 Å². The van der Waals surface area contributed by atoms with Crippen LogP contribution in [0.25, 0.3) is 18.0 Å². The largest absolute Gasteiger partial charge is 0.693 e. The van der Waals surface area contributed by atoms with Crippen molar-refractivity contribution in [3.63, 3.8) is 0 Å². The van der Waals surface area contributed by atoms with Crippen molar-refractivity contribution in [1.82, 2.24) is 0 Å². The van der Waals surface area contributed by atoms with Crippen molar-refractivity contribution in [3.8, 4) is 0 Å². The molecule has 1 aromatic rings. The fourth-order valence-electron chi connectivity index (χ4n) is 0.821. The maximum Gasteiger partial charge on any atom is -0.693 e. The quantitative estimate of drug-likeness (QED) is 0.639. The van der Waals surface area contributed by atoms with Crippen LogP contribution in [0.1, 0.15) is 17.3 Å². The van der Waals surface area contributed by atoms with Crippen molar-refractivity contribution >= 4 is 21.1 Å². The molecule has 1 aromatic carbocycles. The predicted molar refractivity (Wildman–Crippen MR) is 62.8 cm³/mol. The second kappa shape index (κ2) is 12.5. The van der Waals surface area contributed by atoms with Crippen molar-refractivity contribution in [2.24, 2.45) is 0 Å². The van der Waals surface area contributed by atoms with Crippen LogP contribution >= 0.6 is 9.42 Å². The first-order valence-electron chi connectivity index (χ1n) is 3.84. The smallest absolute Gasteiger partial charge is 0.693 e. The molecule has 97 valence electrons. The number of halogens is 1. The third-order valence-electron chi connectivity index (χ3n) is 1.40. The molecule has 1 rings (SSSR count). The molecule has 0 unspecified atom stereocenters. The predicted octanol–water partition coefficient (Wildman–Crippen LogP) is 4.67. The van der Waals surface area contributed by atoms with Crippen molar-refractivity contribution in [2.45, 2.75) is 6.92 Å². The Kier molecular flexibility index (Phi) is 16.2. The van der Waals surface area contributed by atoms with Gasteiger partial charge in [0.1, 0.15) is 0 Å². The summed E-state index contributed by atoms with van der Waals surface area (Å²) in [7, 11) is 4.61. The summed E-state index contributed by atoms with van der Waals surface area (Å²) in [5, 5.41) is 0. The SMILES string of the molecule is CCOC(=O)c1ccc([NH-])cc1.[Cl][Pt].[NH2-].[NH2-]. The van der Waals surface area contributed by atoms with Crippen LogP contribution in [0.5, 0.6) is 0 Å². The minimum absolute atomic E-state index is 0. The van der Waals surface area contributed by atoms with Crippen LogP contribution in [0, 0.1) is 0 Å². The molecule has 0 spiro atoms. The molecule has 0 fully saturated rings. The van der Waals surface area contributed by atoms with E-state index in [1.807, 2.05) is 0 Å². The Morgan fingerprint density at radius 3 is 2.12 bits per heavy atom. The van der Waals surface area contributed by atoms with E-state index in [1.165, 1.54) is 0 Å². The molecule has 7 heteroatoms. The molecule has 0 aliphatic rings. The normalized spacial score (nSPS) is 7.50. The second-order valence-electron chi connectivity index (χ2n) is 2.30. The first-order valence-corrected chi connectivity index (χ1v) is 6.66. The molecule has 0 saturated heterocycles. The molecular formula is C9H14ClN3O2Pt-3. The number of hydrogen-bond acceptors (Lipinski definition) is 2. The van der Waals surface area contributed by atoms with Crippen LogP contribution in [0.3, 0.4) is 0 Å². The molecule has 0 aromatic heterocycles. The fraction of sp³-hybridized carbons (Fsp3) is 0.222. The Bertz CT molecular complexity index is 283. The molecule has 0 saturated carbocycles. The van der Waals surface area contributed by atoms with E-state index in [4.69, 9.17) is 10.5 Å². The van der Waals surface area contributed by atoms with Gasteiger partial charge in [0.15, 0.2) is 0 Å². The summed E-state index contributed by atoms with van der Waals surface area (Å²) in [5.74, 6) is -0.336. The summed E-state index contributed by atoms with van der Waals surface area (Å²) in [6.45, 7) is 2.14. The average molecular weight is 427 g/mol. The summed E-state index contributed by atoms with van der Waals surface area (Å²) in [6.07, 6.45) is 0. The topological polar surface area (TPSA) is 117 Å². The zero-order valence-corrected chi connectivity index (χ0v) is 11.7. The number of nitrogens with two attached hydrogens (primary N) is 2. The number of hydrogen-bond donors (Lipinski definition) is 0. The average Bonchev–Trinajstić information content (AvgIpc) is 2.22. The van der Waals surface area contributed by atoms with E-state index >= 15 is 0 Å². The first kappa shape index (κ1) is 20.8. The van der Waals surface area contributed by atoms with Crippen molar-refractivity contribution in [3.05, 3.63) is 47.9 Å². The number of benzene rings is 1. The van der Waals surface area contributed by atoms with Crippen LogP contribution in [-0.2, 0) is 23.5 Å². The van der Waals surface area contributed by atoms with E-state index in [9.17, 15) is 4.79 Å². The Hall–Kier alpha value is -0.612. The van der Waals surface area contributed by atoms with E-state index in [0.717, 1.165) is 0 Å². The van der Waals surface area contributed by atoms with Crippen LogP contribution in [-0.4, -0.2) is 12.6 Å². The standard InChI is InChI=1S/C9H11NO2.ClH.2H2N.Pt/c1-2-12-9(11)7-3-5-8(10)6-4-7;;;;/h3-6H,2H2,1H3,(H2,10,11);1H;2*1H2;/q;;2*-1;+1/p-2. The molecule has 16 heavy (non-hydrogen) atoms. The van der Waals surface area contributed by atoms with Crippen LogP contribution in [0.2, 0.25) is 0 Å². The number of rotatable bonds is 2. The number of ether oxygens (including phenoxy) is 1. The number of carbonyl (C=O) groups excluding carboxylic acids is 1. The maximum absolute atomic E-state index is 11.1. The van der Waals surface area contributed by atoms with Gasteiger partial charge in [0.05, 0.1) is 12.2 Å². The molecule has 0 heterocycles. The number of esters is 1. The molecular weight excluding hydrogens is 413 g/mol. The second-order valence-corrected chi connectivity index (χ2v) is 2.30. The van der Waals surface area contributed by atoms with E-state index in [1.54, 1.807) is 50.0 Å². The zero-order chi connectivity index (χ0) is 11.0. The zero-order valence-electron chi connectivity index (χ0n) is 8.68. The molecule has 5 nitrogen and oxygen atoms in total. The van der Waals surface area contributed by atoms with Gasteiger partial charge in [0.25, 0.3) is 0 Å². The molecule has 0 atom stereocenters. The minimum atomic E-state index is -0.336. The number of nitrogens with one attached hydrogen (secondary N) is 1. The molecule has 0 aliphatic heterocycles. The monoisotopic (exact) mass is 426 g/mol. The van der Waals surface area contributed by atoms with E-state index in [0.29, 0.717) is 17.9 Å².